The van der Waals surface area contributed by atoms with Crippen LogP contribution in [0.4, 0.5) is 0 Å². The van der Waals surface area contributed by atoms with E-state index in [4.69, 9.17) is 4.74 Å². The van der Waals surface area contributed by atoms with Crippen molar-refractivity contribution in [3.05, 3.63) is 65.4 Å². The molecule has 0 bridgehead atoms. The lowest BCUT2D eigenvalue weighted by molar-refractivity contribution is -0.158. The fraction of sp³-hybridized carbons (Fsp3) is 0.407. The summed E-state index contributed by atoms with van der Waals surface area (Å²) in [7, 11) is 1.64. The molecule has 2 unspecified atom stereocenters. The van der Waals surface area contributed by atoms with E-state index in [1.54, 1.807) is 12.0 Å². The number of ether oxygens (including phenoxy) is 1. The number of nitrogens with one attached hydrogen (secondary N) is 1. The number of methoxy groups -OCH3 is 1. The van der Waals surface area contributed by atoms with Gasteiger partial charge in [0.2, 0.25) is 11.8 Å². The summed E-state index contributed by atoms with van der Waals surface area (Å²) in [6.45, 7) is 2.98. The Kier molecular flexibility index (Phi) is 5.83. The van der Waals surface area contributed by atoms with Gasteiger partial charge in [0, 0.05) is 29.6 Å². The van der Waals surface area contributed by atoms with Gasteiger partial charge in [-0.15, -0.1) is 0 Å². The van der Waals surface area contributed by atoms with Crippen LogP contribution in [0.1, 0.15) is 55.5 Å². The molecule has 3 aromatic rings. The van der Waals surface area contributed by atoms with Crippen molar-refractivity contribution >= 4 is 22.7 Å². The Morgan fingerprint density at radius 3 is 2.73 bits per heavy atom. The van der Waals surface area contributed by atoms with Gasteiger partial charge in [0.25, 0.3) is 0 Å². The summed E-state index contributed by atoms with van der Waals surface area (Å²) in [5.74, 6) is 0.808. The first kappa shape index (κ1) is 21.6. The van der Waals surface area contributed by atoms with Gasteiger partial charge >= 0.3 is 0 Å². The number of H-pyrrole nitrogens is 1. The number of rotatable bonds is 7. The Bertz CT molecular complexity index is 1180. The van der Waals surface area contributed by atoms with Crippen molar-refractivity contribution in [2.24, 2.45) is 0 Å². The van der Waals surface area contributed by atoms with E-state index < -0.39 is 6.04 Å². The van der Waals surface area contributed by atoms with Crippen LogP contribution in [0.2, 0.25) is 0 Å². The summed E-state index contributed by atoms with van der Waals surface area (Å²) in [5.41, 5.74) is 4.11. The van der Waals surface area contributed by atoms with Crippen LogP contribution >= 0.6 is 0 Å². The van der Waals surface area contributed by atoms with Crippen LogP contribution in [0.5, 0.6) is 5.75 Å². The molecule has 1 aromatic heterocycles. The lowest BCUT2D eigenvalue weighted by Gasteiger charge is -2.47. The molecule has 2 atom stereocenters. The van der Waals surface area contributed by atoms with Crippen molar-refractivity contribution in [2.75, 3.05) is 20.2 Å². The number of carbonyl (C=O) groups excluding carboxylic acids is 2. The van der Waals surface area contributed by atoms with Gasteiger partial charge in [-0.05, 0) is 35.7 Å². The summed E-state index contributed by atoms with van der Waals surface area (Å²) in [6.07, 6.45) is 4.87. The Labute approximate surface area is 194 Å². The average molecular weight is 446 g/mol. The number of benzene rings is 2. The van der Waals surface area contributed by atoms with Crippen molar-refractivity contribution < 1.29 is 14.3 Å². The third-order valence-corrected chi connectivity index (χ3v) is 7.03. The molecular weight excluding hydrogens is 414 g/mol. The molecule has 0 radical (unpaired) electrons. The topological polar surface area (TPSA) is 65.6 Å². The molecule has 6 heteroatoms. The van der Waals surface area contributed by atoms with Crippen molar-refractivity contribution in [1.82, 2.24) is 14.8 Å². The van der Waals surface area contributed by atoms with E-state index in [2.05, 4.69) is 24.0 Å². The molecule has 1 N–H and O–H groups in total. The Morgan fingerprint density at radius 1 is 1.06 bits per heavy atom. The van der Waals surface area contributed by atoms with E-state index >= 15 is 0 Å². The number of hydrogen-bond acceptors (Lipinski definition) is 3. The van der Waals surface area contributed by atoms with Crippen LogP contribution in [-0.4, -0.2) is 52.8 Å². The van der Waals surface area contributed by atoms with Gasteiger partial charge in [0.1, 0.15) is 11.8 Å². The average Bonchev–Trinajstić information content (AvgIpc) is 3.22. The highest BCUT2D eigenvalue weighted by molar-refractivity contribution is 5.97. The van der Waals surface area contributed by atoms with Gasteiger partial charge in [0.05, 0.1) is 19.7 Å². The molecule has 3 heterocycles. The zero-order chi connectivity index (χ0) is 22.9. The number of para-hydroxylation sites is 1. The lowest BCUT2D eigenvalue weighted by Crippen LogP contribution is -2.63. The fourth-order valence-corrected chi connectivity index (χ4v) is 5.40. The highest BCUT2D eigenvalue weighted by Gasteiger charge is 2.48. The van der Waals surface area contributed by atoms with Crippen molar-refractivity contribution in [3.63, 3.8) is 0 Å². The molecule has 2 amide bonds. The van der Waals surface area contributed by atoms with Crippen LogP contribution in [0.3, 0.4) is 0 Å². The van der Waals surface area contributed by atoms with Gasteiger partial charge in [-0.25, -0.2) is 0 Å². The fourth-order valence-electron chi connectivity index (χ4n) is 5.40. The third kappa shape index (κ3) is 3.77. The van der Waals surface area contributed by atoms with Gasteiger partial charge in [-0.3, -0.25) is 9.59 Å². The molecule has 172 valence electrons. The minimum atomic E-state index is -0.486. The number of fused-ring (bicyclic) bond motifs is 4. The smallest absolute Gasteiger partial charge is 0.246 e. The predicted molar refractivity (Wildman–Crippen MR) is 128 cm³/mol. The van der Waals surface area contributed by atoms with E-state index in [1.807, 2.05) is 41.3 Å². The van der Waals surface area contributed by atoms with Crippen LogP contribution in [0, 0.1) is 0 Å². The Balaban J connectivity index is 1.57. The van der Waals surface area contributed by atoms with E-state index in [0.717, 1.165) is 59.2 Å². The molecule has 0 aliphatic carbocycles. The number of unbranched alkanes of at least 4 members (excludes halogenated alkanes) is 3. The minimum absolute atomic E-state index is 0.00668. The standard InChI is InChI=1S/C27H31N3O3/c1-3-4-5-8-14-29-17-24(31)30-23(27(29)32)16-21-20-12-6-7-13-22(20)28-25(21)26(30)18-10-9-11-19(15-18)33-2/h6-7,9-13,15,23,26,28H,3-5,8,14,16-17H2,1-2H3. The zero-order valence-electron chi connectivity index (χ0n) is 19.3. The number of aromatic nitrogens is 1. The van der Waals surface area contributed by atoms with Gasteiger partial charge in [-0.1, -0.05) is 56.5 Å². The highest BCUT2D eigenvalue weighted by atomic mass is 16.5. The Morgan fingerprint density at radius 2 is 1.91 bits per heavy atom. The monoisotopic (exact) mass is 445 g/mol. The molecular formula is C27H31N3O3. The maximum absolute atomic E-state index is 13.6. The number of carbonyl (C=O) groups is 2. The summed E-state index contributed by atoms with van der Waals surface area (Å²) in [6, 6.07) is 15.2. The molecule has 2 aromatic carbocycles. The largest absolute Gasteiger partial charge is 0.497 e. The van der Waals surface area contributed by atoms with E-state index in [-0.39, 0.29) is 24.4 Å². The second-order valence-corrected chi connectivity index (χ2v) is 9.08. The van der Waals surface area contributed by atoms with E-state index in [1.165, 1.54) is 0 Å². The number of amides is 2. The van der Waals surface area contributed by atoms with E-state index in [9.17, 15) is 9.59 Å². The Hall–Kier alpha value is -3.28. The second kappa shape index (κ2) is 8.93. The maximum Gasteiger partial charge on any atom is 0.246 e. The summed E-state index contributed by atoms with van der Waals surface area (Å²) in [5, 5.41) is 1.13. The SMILES string of the molecule is CCCCCCN1CC(=O)N2C(Cc3c([nH]c4ccccc34)C2c2cccc(OC)c2)C1=O. The van der Waals surface area contributed by atoms with Crippen LogP contribution in [0.25, 0.3) is 10.9 Å². The molecule has 2 aliphatic rings. The van der Waals surface area contributed by atoms with Crippen LogP contribution in [-0.2, 0) is 16.0 Å². The minimum Gasteiger partial charge on any atom is -0.497 e. The molecule has 33 heavy (non-hydrogen) atoms. The first-order valence-corrected chi connectivity index (χ1v) is 12.0. The highest BCUT2D eigenvalue weighted by Crippen LogP contribution is 2.43. The van der Waals surface area contributed by atoms with Crippen LogP contribution in [0.15, 0.2) is 48.5 Å². The van der Waals surface area contributed by atoms with Gasteiger partial charge in [0.15, 0.2) is 0 Å². The molecule has 2 aliphatic heterocycles. The van der Waals surface area contributed by atoms with Crippen molar-refractivity contribution in [3.8, 4) is 5.75 Å². The molecule has 5 rings (SSSR count). The summed E-state index contributed by atoms with van der Waals surface area (Å²) < 4.78 is 5.47. The summed E-state index contributed by atoms with van der Waals surface area (Å²) in [4.78, 5) is 34.3. The third-order valence-electron chi connectivity index (χ3n) is 7.03. The molecule has 1 saturated heterocycles. The predicted octanol–water partition coefficient (Wildman–Crippen LogP) is 4.44. The second-order valence-electron chi connectivity index (χ2n) is 9.08. The van der Waals surface area contributed by atoms with Gasteiger partial charge < -0.3 is 19.5 Å². The molecule has 6 nitrogen and oxygen atoms in total. The number of nitrogens with zero attached hydrogens (tertiary/aromatic N) is 2. The number of piperazine rings is 1. The van der Waals surface area contributed by atoms with Crippen molar-refractivity contribution in [2.45, 2.75) is 51.1 Å². The zero-order valence-corrected chi connectivity index (χ0v) is 19.3. The first-order valence-electron chi connectivity index (χ1n) is 12.0. The number of hydrogen-bond donors (Lipinski definition) is 1. The molecule has 0 spiro atoms. The van der Waals surface area contributed by atoms with Crippen molar-refractivity contribution in [1.29, 1.82) is 0 Å². The van der Waals surface area contributed by atoms with Crippen LogP contribution < -0.4 is 4.74 Å². The van der Waals surface area contributed by atoms with E-state index in [0.29, 0.717) is 13.0 Å². The molecule has 1 fully saturated rings. The summed E-state index contributed by atoms with van der Waals surface area (Å²) >= 11 is 0. The lowest BCUT2D eigenvalue weighted by atomic mass is 9.86. The molecule has 0 saturated carbocycles. The number of aromatic amines is 1. The first-order chi connectivity index (χ1) is 16.1. The van der Waals surface area contributed by atoms with Gasteiger partial charge in [-0.2, -0.15) is 0 Å². The quantitative estimate of drug-likeness (QED) is 0.547. The normalized spacial score (nSPS) is 20.2. The maximum atomic E-state index is 13.6.